The van der Waals surface area contributed by atoms with Gasteiger partial charge < -0.3 is 9.73 Å². The Bertz CT molecular complexity index is 670. The minimum absolute atomic E-state index is 0.0315. The van der Waals surface area contributed by atoms with Gasteiger partial charge in [-0.15, -0.1) is 0 Å². The maximum absolute atomic E-state index is 11.3. The van der Waals surface area contributed by atoms with Gasteiger partial charge in [0.1, 0.15) is 5.76 Å². The van der Waals surface area contributed by atoms with Crippen LogP contribution in [0.5, 0.6) is 0 Å². The molecule has 1 N–H and O–H groups in total. The van der Waals surface area contributed by atoms with Crippen molar-refractivity contribution in [3.63, 3.8) is 0 Å². The number of amides is 1. The summed E-state index contributed by atoms with van der Waals surface area (Å²) in [6.07, 6.45) is 1.05. The van der Waals surface area contributed by atoms with Crippen LogP contribution in [0.25, 0.3) is 0 Å². The molecule has 0 unspecified atom stereocenters. The topological polar surface area (TPSA) is 59.3 Å². The maximum atomic E-state index is 11.3. The van der Waals surface area contributed by atoms with Crippen LogP contribution < -0.4 is 5.32 Å². The van der Waals surface area contributed by atoms with Crippen LogP contribution in [0.15, 0.2) is 34.7 Å². The van der Waals surface area contributed by atoms with Crippen LogP contribution in [0.3, 0.4) is 0 Å². The molecule has 19 heavy (non-hydrogen) atoms. The van der Waals surface area contributed by atoms with E-state index in [2.05, 4.69) is 5.32 Å². The molecule has 1 aromatic carbocycles. The van der Waals surface area contributed by atoms with E-state index in [1.807, 2.05) is 24.3 Å². The summed E-state index contributed by atoms with van der Waals surface area (Å²) in [6.45, 7) is 1.48. The van der Waals surface area contributed by atoms with E-state index >= 15 is 0 Å². The number of anilines is 1. The Kier molecular flexibility index (Phi) is 2.71. The van der Waals surface area contributed by atoms with Crippen LogP contribution in [0.2, 0.25) is 0 Å². The van der Waals surface area contributed by atoms with E-state index in [4.69, 9.17) is 4.42 Å². The molecule has 0 saturated carbocycles. The summed E-state index contributed by atoms with van der Waals surface area (Å²) in [4.78, 5) is 22.4. The molecule has 2 aromatic rings. The third kappa shape index (κ3) is 2.29. The van der Waals surface area contributed by atoms with Crippen molar-refractivity contribution in [3.05, 3.63) is 53.0 Å². The summed E-state index contributed by atoms with van der Waals surface area (Å²) in [7, 11) is 0. The van der Waals surface area contributed by atoms with Gasteiger partial charge in [0.05, 0.1) is 6.42 Å². The summed E-state index contributed by atoms with van der Waals surface area (Å²) in [5.41, 5.74) is 2.97. The first-order valence-electron chi connectivity index (χ1n) is 6.13. The Morgan fingerprint density at radius 1 is 1.32 bits per heavy atom. The number of hydrogen-bond donors (Lipinski definition) is 1. The van der Waals surface area contributed by atoms with E-state index in [-0.39, 0.29) is 11.7 Å². The first-order valence-corrected chi connectivity index (χ1v) is 6.13. The molecule has 0 saturated heterocycles. The zero-order valence-electron chi connectivity index (χ0n) is 10.5. The van der Waals surface area contributed by atoms with E-state index in [1.54, 1.807) is 6.07 Å². The summed E-state index contributed by atoms with van der Waals surface area (Å²) < 4.78 is 5.46. The lowest BCUT2D eigenvalue weighted by atomic mass is 10.1. The van der Waals surface area contributed by atoms with Crippen LogP contribution >= 0.6 is 0 Å². The lowest BCUT2D eigenvalue weighted by Crippen LogP contribution is -2.03. The molecule has 1 aliphatic rings. The second kappa shape index (κ2) is 4.39. The molecule has 4 heteroatoms. The lowest BCUT2D eigenvalue weighted by Gasteiger charge is -2.02. The maximum Gasteiger partial charge on any atom is 0.228 e. The molecule has 0 atom stereocenters. The number of carbonyl (C=O) groups excluding carboxylic acids is 2. The number of nitrogens with one attached hydrogen (secondary N) is 1. The number of hydrogen-bond acceptors (Lipinski definition) is 3. The van der Waals surface area contributed by atoms with E-state index < -0.39 is 0 Å². The highest BCUT2D eigenvalue weighted by Gasteiger charge is 2.17. The average Bonchev–Trinajstić information content (AvgIpc) is 2.94. The summed E-state index contributed by atoms with van der Waals surface area (Å²) >= 11 is 0. The number of rotatable bonds is 3. The molecular weight excluding hydrogens is 242 g/mol. The van der Waals surface area contributed by atoms with Gasteiger partial charge in [0, 0.05) is 19.0 Å². The zero-order valence-corrected chi connectivity index (χ0v) is 10.5. The zero-order chi connectivity index (χ0) is 13.4. The Morgan fingerprint density at radius 3 is 2.89 bits per heavy atom. The minimum Gasteiger partial charge on any atom is -0.458 e. The van der Waals surface area contributed by atoms with E-state index in [1.165, 1.54) is 6.92 Å². The SMILES string of the molecule is CC(=O)c1ccc(Cc2ccc3c(c2)CC(=O)N3)o1. The van der Waals surface area contributed by atoms with E-state index in [0.717, 1.165) is 22.6 Å². The van der Waals surface area contributed by atoms with Crippen LogP contribution in [0.1, 0.15) is 34.4 Å². The van der Waals surface area contributed by atoms with Crippen LogP contribution in [0.4, 0.5) is 5.69 Å². The second-order valence-corrected chi connectivity index (χ2v) is 4.72. The second-order valence-electron chi connectivity index (χ2n) is 4.72. The van der Waals surface area contributed by atoms with Gasteiger partial charge in [0.15, 0.2) is 11.5 Å². The Morgan fingerprint density at radius 2 is 2.16 bits per heavy atom. The smallest absolute Gasteiger partial charge is 0.228 e. The van der Waals surface area contributed by atoms with Gasteiger partial charge in [0.2, 0.25) is 5.91 Å². The molecule has 1 aliphatic heterocycles. The Balaban J connectivity index is 1.82. The van der Waals surface area contributed by atoms with Crippen molar-refractivity contribution in [3.8, 4) is 0 Å². The summed E-state index contributed by atoms with van der Waals surface area (Å²) in [5, 5.41) is 2.80. The van der Waals surface area contributed by atoms with Crippen molar-refractivity contribution in [2.45, 2.75) is 19.8 Å². The molecule has 96 valence electrons. The third-order valence-electron chi connectivity index (χ3n) is 3.18. The average molecular weight is 255 g/mol. The predicted molar refractivity (Wildman–Crippen MR) is 70.3 cm³/mol. The largest absolute Gasteiger partial charge is 0.458 e. The van der Waals surface area contributed by atoms with Crippen LogP contribution in [0, 0.1) is 0 Å². The normalized spacial score (nSPS) is 13.2. The van der Waals surface area contributed by atoms with Crippen LogP contribution in [-0.2, 0) is 17.6 Å². The quantitative estimate of drug-likeness (QED) is 0.857. The highest BCUT2D eigenvalue weighted by Crippen LogP contribution is 2.25. The van der Waals surface area contributed by atoms with Crippen molar-refractivity contribution < 1.29 is 14.0 Å². The number of furan rings is 1. The number of Topliss-reactive ketones (excluding diaryl/α,β-unsaturated/α-hetero) is 1. The number of carbonyl (C=O) groups is 2. The molecular formula is C15H13NO3. The van der Waals surface area contributed by atoms with Gasteiger partial charge in [-0.05, 0) is 29.3 Å². The Hall–Kier alpha value is -2.36. The molecule has 0 bridgehead atoms. The predicted octanol–water partition coefficient (Wildman–Crippen LogP) is 2.57. The molecule has 0 spiro atoms. The molecule has 3 rings (SSSR count). The van der Waals surface area contributed by atoms with Gasteiger partial charge >= 0.3 is 0 Å². The van der Waals surface area contributed by atoms with Crippen molar-refractivity contribution in [2.24, 2.45) is 0 Å². The first-order chi connectivity index (χ1) is 9.11. The third-order valence-corrected chi connectivity index (χ3v) is 3.18. The number of ketones is 1. The van der Waals surface area contributed by atoms with Gasteiger partial charge in [-0.3, -0.25) is 9.59 Å². The fourth-order valence-electron chi connectivity index (χ4n) is 2.26. The first kappa shape index (κ1) is 11.7. The molecule has 0 radical (unpaired) electrons. The highest BCUT2D eigenvalue weighted by atomic mass is 16.3. The van der Waals surface area contributed by atoms with Crippen molar-refractivity contribution in [1.82, 2.24) is 0 Å². The molecule has 0 aliphatic carbocycles. The molecule has 0 fully saturated rings. The van der Waals surface area contributed by atoms with E-state index in [9.17, 15) is 9.59 Å². The highest BCUT2D eigenvalue weighted by molar-refractivity contribution is 5.99. The van der Waals surface area contributed by atoms with Gasteiger partial charge in [0.25, 0.3) is 0 Å². The lowest BCUT2D eigenvalue weighted by molar-refractivity contribution is -0.115. The van der Waals surface area contributed by atoms with E-state index in [0.29, 0.717) is 18.6 Å². The summed E-state index contributed by atoms with van der Waals surface area (Å²) in [5.74, 6) is 1.09. The molecule has 1 amide bonds. The summed E-state index contributed by atoms with van der Waals surface area (Å²) in [6, 6.07) is 9.37. The Labute approximate surface area is 110 Å². The fraction of sp³-hybridized carbons (Fsp3) is 0.200. The fourth-order valence-corrected chi connectivity index (χ4v) is 2.26. The molecule has 2 heterocycles. The van der Waals surface area contributed by atoms with Crippen LogP contribution in [-0.4, -0.2) is 11.7 Å². The molecule has 4 nitrogen and oxygen atoms in total. The van der Waals surface area contributed by atoms with Crippen molar-refractivity contribution in [1.29, 1.82) is 0 Å². The van der Waals surface area contributed by atoms with Crippen molar-refractivity contribution >= 4 is 17.4 Å². The van der Waals surface area contributed by atoms with Gasteiger partial charge in [-0.25, -0.2) is 0 Å². The number of fused-ring (bicyclic) bond motifs is 1. The molecule has 1 aromatic heterocycles. The monoisotopic (exact) mass is 255 g/mol. The number of benzene rings is 1. The van der Waals surface area contributed by atoms with Gasteiger partial charge in [-0.2, -0.15) is 0 Å². The standard InChI is InChI=1S/C15H13NO3/c1-9(17)14-5-3-12(19-14)7-10-2-4-13-11(6-10)8-15(18)16-13/h2-6H,7-8H2,1H3,(H,16,18). The van der Waals surface area contributed by atoms with Gasteiger partial charge in [-0.1, -0.05) is 12.1 Å². The van der Waals surface area contributed by atoms with Crippen molar-refractivity contribution in [2.75, 3.05) is 5.32 Å². The minimum atomic E-state index is -0.0741.